The van der Waals surface area contributed by atoms with E-state index < -0.39 is 23.6 Å². The normalized spacial score (nSPS) is 12.5. The third-order valence-electron chi connectivity index (χ3n) is 2.28. The van der Waals surface area contributed by atoms with Crippen LogP contribution in [0.5, 0.6) is 0 Å². The summed E-state index contributed by atoms with van der Waals surface area (Å²) in [4.78, 5) is 23.6. The van der Waals surface area contributed by atoms with Gasteiger partial charge in [0.2, 0.25) is 0 Å². The number of hydrogen-bond acceptors (Lipinski definition) is 3. The molecule has 0 aliphatic rings. The summed E-state index contributed by atoms with van der Waals surface area (Å²) >= 11 is 11.8. The van der Waals surface area contributed by atoms with Gasteiger partial charge in [-0.25, -0.2) is 9.59 Å². The Labute approximate surface area is 133 Å². The summed E-state index contributed by atoms with van der Waals surface area (Å²) in [5.74, 6) is -0.519. The fourth-order valence-electron chi connectivity index (χ4n) is 1.40. The molecular weight excluding hydrogens is 315 g/mol. The Morgan fingerprint density at radius 3 is 2.43 bits per heavy atom. The number of rotatable bonds is 3. The number of amides is 2. The second-order valence-corrected chi connectivity index (χ2v) is 6.32. The average molecular weight is 333 g/mol. The van der Waals surface area contributed by atoms with Crippen molar-refractivity contribution in [1.82, 2.24) is 5.32 Å². The fourth-order valence-corrected chi connectivity index (χ4v) is 1.73. The lowest BCUT2D eigenvalue weighted by Crippen LogP contribution is -2.44. The molecule has 0 fully saturated rings. The van der Waals surface area contributed by atoms with Crippen LogP contribution in [0.3, 0.4) is 0 Å². The summed E-state index contributed by atoms with van der Waals surface area (Å²) in [5.41, 5.74) is -0.252. The lowest BCUT2D eigenvalue weighted by atomic mass is 10.2. The highest BCUT2D eigenvalue weighted by Gasteiger charge is 2.23. The number of esters is 1. The maximum Gasteiger partial charge on any atom is 0.328 e. The highest BCUT2D eigenvalue weighted by Crippen LogP contribution is 2.25. The van der Waals surface area contributed by atoms with E-state index in [-0.39, 0.29) is 0 Å². The number of benzene rings is 1. The number of nitrogens with one attached hydrogen (secondary N) is 2. The predicted octanol–water partition coefficient (Wildman–Crippen LogP) is 3.85. The molecule has 1 atom stereocenters. The van der Waals surface area contributed by atoms with Crippen molar-refractivity contribution in [3.8, 4) is 0 Å². The van der Waals surface area contributed by atoms with Crippen LogP contribution in [-0.4, -0.2) is 23.6 Å². The molecule has 0 bridgehead atoms. The van der Waals surface area contributed by atoms with Crippen LogP contribution in [0.15, 0.2) is 18.2 Å². The molecule has 0 heterocycles. The number of anilines is 1. The van der Waals surface area contributed by atoms with Gasteiger partial charge in [-0.1, -0.05) is 23.2 Å². The van der Waals surface area contributed by atoms with E-state index in [1.165, 1.54) is 13.0 Å². The summed E-state index contributed by atoms with van der Waals surface area (Å²) in [6.45, 7) is 6.80. The van der Waals surface area contributed by atoms with Crippen LogP contribution in [0.25, 0.3) is 0 Å². The topological polar surface area (TPSA) is 67.4 Å². The zero-order chi connectivity index (χ0) is 16.2. The van der Waals surface area contributed by atoms with Gasteiger partial charge in [-0.05, 0) is 45.9 Å². The van der Waals surface area contributed by atoms with E-state index in [2.05, 4.69) is 10.6 Å². The lowest BCUT2D eigenvalue weighted by Gasteiger charge is -2.22. The van der Waals surface area contributed by atoms with Gasteiger partial charge in [0, 0.05) is 5.02 Å². The highest BCUT2D eigenvalue weighted by atomic mass is 35.5. The van der Waals surface area contributed by atoms with Crippen molar-refractivity contribution in [1.29, 1.82) is 0 Å². The van der Waals surface area contributed by atoms with E-state index >= 15 is 0 Å². The monoisotopic (exact) mass is 332 g/mol. The summed E-state index contributed by atoms with van der Waals surface area (Å²) < 4.78 is 5.16. The maximum atomic E-state index is 11.8. The van der Waals surface area contributed by atoms with Crippen molar-refractivity contribution >= 4 is 40.9 Å². The van der Waals surface area contributed by atoms with Crippen molar-refractivity contribution in [3.63, 3.8) is 0 Å². The molecule has 0 unspecified atom stereocenters. The van der Waals surface area contributed by atoms with Gasteiger partial charge < -0.3 is 15.4 Å². The molecule has 0 aliphatic heterocycles. The minimum Gasteiger partial charge on any atom is -0.458 e. The summed E-state index contributed by atoms with van der Waals surface area (Å²) in [5, 5.41) is 5.78. The van der Waals surface area contributed by atoms with Crippen molar-refractivity contribution < 1.29 is 14.3 Å². The molecule has 2 N–H and O–H groups in total. The minimum absolute atomic E-state index is 0.347. The Morgan fingerprint density at radius 2 is 1.86 bits per heavy atom. The van der Waals surface area contributed by atoms with E-state index in [0.29, 0.717) is 15.7 Å². The maximum absolute atomic E-state index is 11.8. The van der Waals surface area contributed by atoms with Crippen LogP contribution in [0.1, 0.15) is 27.7 Å². The number of carbonyl (C=O) groups is 2. The first-order valence-corrected chi connectivity index (χ1v) is 7.09. The molecule has 1 aromatic rings. The molecule has 5 nitrogen and oxygen atoms in total. The molecule has 0 aromatic heterocycles. The highest BCUT2D eigenvalue weighted by molar-refractivity contribution is 6.35. The van der Waals surface area contributed by atoms with Gasteiger partial charge in [-0.3, -0.25) is 0 Å². The molecule has 0 radical (unpaired) electrons. The summed E-state index contributed by atoms with van der Waals surface area (Å²) in [6, 6.07) is 3.33. The number of ether oxygens (including phenoxy) is 1. The molecule has 0 saturated heterocycles. The van der Waals surface area contributed by atoms with Gasteiger partial charge >= 0.3 is 12.0 Å². The first kappa shape index (κ1) is 17.6. The molecule has 1 rings (SSSR count). The standard InChI is InChI=1S/C14H18Cl2N2O3/c1-8(12(19)21-14(2,3)4)17-13(20)18-11-7-9(15)5-6-10(11)16/h5-8H,1-4H3,(H2,17,18,20)/t8-/m0/s1. The van der Waals surface area contributed by atoms with Crippen LogP contribution >= 0.6 is 23.2 Å². The third kappa shape index (κ3) is 6.23. The second-order valence-electron chi connectivity index (χ2n) is 5.48. The molecule has 116 valence electrons. The van der Waals surface area contributed by atoms with Crippen molar-refractivity contribution in [2.45, 2.75) is 39.3 Å². The quantitative estimate of drug-likeness (QED) is 0.826. The van der Waals surface area contributed by atoms with Gasteiger partial charge in [-0.15, -0.1) is 0 Å². The van der Waals surface area contributed by atoms with E-state index in [1.54, 1.807) is 32.9 Å². The van der Waals surface area contributed by atoms with Crippen LogP contribution in [0, 0.1) is 0 Å². The smallest absolute Gasteiger partial charge is 0.328 e. The van der Waals surface area contributed by atoms with E-state index in [1.807, 2.05) is 0 Å². The predicted molar refractivity (Wildman–Crippen MR) is 83.9 cm³/mol. The van der Waals surface area contributed by atoms with E-state index in [9.17, 15) is 9.59 Å². The molecule has 7 heteroatoms. The molecule has 0 spiro atoms. The van der Waals surface area contributed by atoms with E-state index in [4.69, 9.17) is 27.9 Å². The molecule has 1 aromatic carbocycles. The van der Waals surface area contributed by atoms with Gasteiger partial charge in [0.05, 0.1) is 10.7 Å². The van der Waals surface area contributed by atoms with Gasteiger partial charge in [0.25, 0.3) is 0 Å². The number of hydrogen-bond donors (Lipinski definition) is 2. The summed E-state index contributed by atoms with van der Waals surface area (Å²) in [6.07, 6.45) is 0. The van der Waals surface area contributed by atoms with Crippen LogP contribution in [-0.2, 0) is 9.53 Å². The van der Waals surface area contributed by atoms with Gasteiger partial charge in [0.1, 0.15) is 11.6 Å². The summed E-state index contributed by atoms with van der Waals surface area (Å²) in [7, 11) is 0. The van der Waals surface area contributed by atoms with Crippen LogP contribution in [0.4, 0.5) is 10.5 Å². The Bertz CT molecular complexity index is 542. The molecular formula is C14H18Cl2N2O3. The number of urea groups is 1. The third-order valence-corrected chi connectivity index (χ3v) is 2.85. The average Bonchev–Trinajstić information content (AvgIpc) is 2.31. The Kier molecular flexibility index (Phi) is 5.87. The Hall–Kier alpha value is -1.46. The Balaban J connectivity index is 2.61. The number of carbonyl (C=O) groups excluding carboxylic acids is 2. The molecule has 21 heavy (non-hydrogen) atoms. The van der Waals surface area contributed by atoms with Crippen LogP contribution < -0.4 is 10.6 Å². The second kappa shape index (κ2) is 7.00. The Morgan fingerprint density at radius 1 is 1.24 bits per heavy atom. The zero-order valence-corrected chi connectivity index (χ0v) is 13.8. The zero-order valence-electron chi connectivity index (χ0n) is 12.3. The first-order chi connectivity index (χ1) is 9.58. The fraction of sp³-hybridized carbons (Fsp3) is 0.429. The van der Waals surface area contributed by atoms with Gasteiger partial charge in [-0.2, -0.15) is 0 Å². The minimum atomic E-state index is -0.790. The first-order valence-electron chi connectivity index (χ1n) is 6.34. The largest absolute Gasteiger partial charge is 0.458 e. The van der Waals surface area contributed by atoms with Crippen LogP contribution in [0.2, 0.25) is 10.0 Å². The SMILES string of the molecule is C[C@H](NC(=O)Nc1cc(Cl)ccc1Cl)C(=O)OC(C)(C)C. The van der Waals surface area contributed by atoms with Crippen molar-refractivity contribution in [3.05, 3.63) is 28.2 Å². The lowest BCUT2D eigenvalue weighted by molar-refractivity contribution is -0.156. The van der Waals surface area contributed by atoms with Crippen molar-refractivity contribution in [2.24, 2.45) is 0 Å². The number of halogens is 2. The molecule has 0 aliphatic carbocycles. The molecule has 0 saturated carbocycles. The van der Waals surface area contributed by atoms with Crippen molar-refractivity contribution in [2.75, 3.05) is 5.32 Å². The van der Waals surface area contributed by atoms with Gasteiger partial charge in [0.15, 0.2) is 0 Å². The van der Waals surface area contributed by atoms with E-state index in [0.717, 1.165) is 0 Å². The molecule has 2 amide bonds.